The van der Waals surface area contributed by atoms with E-state index in [1.165, 1.54) is 0 Å². The lowest BCUT2D eigenvalue weighted by Crippen LogP contribution is -2.37. The van der Waals surface area contributed by atoms with Crippen molar-refractivity contribution in [3.05, 3.63) is 52.5 Å². The summed E-state index contributed by atoms with van der Waals surface area (Å²) in [6, 6.07) is 11.6. The van der Waals surface area contributed by atoms with Crippen molar-refractivity contribution in [2.45, 2.75) is 13.0 Å². The lowest BCUT2D eigenvalue weighted by Gasteiger charge is -2.31. The maximum Gasteiger partial charge on any atom is 0.254 e. The molecule has 29 heavy (non-hydrogen) atoms. The van der Waals surface area contributed by atoms with Crippen molar-refractivity contribution in [1.82, 2.24) is 4.90 Å². The molecule has 0 aliphatic carbocycles. The van der Waals surface area contributed by atoms with Crippen molar-refractivity contribution in [3.8, 4) is 11.5 Å². The van der Waals surface area contributed by atoms with Crippen molar-refractivity contribution in [1.29, 1.82) is 0 Å². The summed E-state index contributed by atoms with van der Waals surface area (Å²) in [5.41, 5.74) is 2.74. The highest BCUT2D eigenvalue weighted by atomic mass is 35.5. The van der Waals surface area contributed by atoms with Gasteiger partial charge in [-0.15, -0.1) is 0 Å². The Labute approximate surface area is 175 Å². The van der Waals surface area contributed by atoms with Crippen LogP contribution >= 0.6 is 11.6 Å². The molecule has 0 N–H and O–H groups in total. The fourth-order valence-corrected chi connectivity index (χ4v) is 3.92. The zero-order valence-corrected chi connectivity index (χ0v) is 17.3. The van der Waals surface area contributed by atoms with Crippen LogP contribution in [0.5, 0.6) is 11.5 Å². The van der Waals surface area contributed by atoms with E-state index in [0.717, 1.165) is 44.0 Å². The molecule has 1 fully saturated rings. The molecule has 2 aromatic rings. The van der Waals surface area contributed by atoms with Gasteiger partial charge in [-0.2, -0.15) is 0 Å². The number of hydrogen-bond donors (Lipinski definition) is 0. The first-order chi connectivity index (χ1) is 14.1. The maximum atomic E-state index is 13.1. The van der Waals surface area contributed by atoms with E-state index in [1.807, 2.05) is 12.1 Å². The van der Waals surface area contributed by atoms with Crippen LogP contribution in [0.15, 0.2) is 36.4 Å². The summed E-state index contributed by atoms with van der Waals surface area (Å²) in [5.74, 6) is 0.931. The maximum absolute atomic E-state index is 13.1. The van der Waals surface area contributed by atoms with Crippen LogP contribution in [0.2, 0.25) is 5.02 Å². The number of nitrogens with zero attached hydrogens (tertiary/aromatic N) is 2. The molecule has 2 aliphatic heterocycles. The third-order valence-corrected chi connectivity index (χ3v) is 5.43. The Morgan fingerprint density at radius 2 is 1.86 bits per heavy atom. The van der Waals surface area contributed by atoms with Gasteiger partial charge < -0.3 is 24.0 Å². The standard InChI is InChI=1S/C22H25ClN2O4/c1-24(15-16-5-2-3-6-19(16)25-7-11-27-12-8-25)22(26)17-13-18(23)21-20(14-17)28-9-4-10-29-21/h2-3,5-6,13-14H,4,7-12,15H2,1H3. The molecule has 0 radical (unpaired) electrons. The topological polar surface area (TPSA) is 51.2 Å². The van der Waals surface area contributed by atoms with E-state index >= 15 is 0 Å². The first-order valence-corrected chi connectivity index (χ1v) is 10.3. The minimum Gasteiger partial charge on any atom is -0.489 e. The van der Waals surface area contributed by atoms with Gasteiger partial charge in [0.1, 0.15) is 0 Å². The van der Waals surface area contributed by atoms with Gasteiger partial charge in [0.25, 0.3) is 5.91 Å². The summed E-state index contributed by atoms with van der Waals surface area (Å²) in [6.07, 6.45) is 0.784. The molecule has 2 aliphatic rings. The zero-order valence-electron chi connectivity index (χ0n) is 16.5. The van der Waals surface area contributed by atoms with E-state index in [0.29, 0.717) is 41.8 Å². The molecule has 2 heterocycles. The van der Waals surface area contributed by atoms with Crippen LogP contribution in [0.1, 0.15) is 22.3 Å². The predicted molar refractivity (Wildman–Crippen MR) is 112 cm³/mol. The Morgan fingerprint density at radius 1 is 1.10 bits per heavy atom. The van der Waals surface area contributed by atoms with Crippen molar-refractivity contribution in [3.63, 3.8) is 0 Å². The van der Waals surface area contributed by atoms with Crippen molar-refractivity contribution in [2.24, 2.45) is 0 Å². The molecule has 4 rings (SSSR count). The molecule has 154 valence electrons. The van der Waals surface area contributed by atoms with Gasteiger partial charge in [0.15, 0.2) is 11.5 Å². The molecule has 0 atom stereocenters. The molecule has 0 bridgehead atoms. The number of carbonyl (C=O) groups excluding carboxylic acids is 1. The Morgan fingerprint density at radius 3 is 2.69 bits per heavy atom. The van der Waals surface area contributed by atoms with Crippen molar-refractivity contribution in [2.75, 3.05) is 51.5 Å². The van der Waals surface area contributed by atoms with Gasteiger partial charge in [-0.3, -0.25) is 4.79 Å². The molecule has 1 saturated heterocycles. The number of ether oxygens (including phenoxy) is 3. The largest absolute Gasteiger partial charge is 0.489 e. The third-order valence-electron chi connectivity index (χ3n) is 5.15. The van der Waals surface area contributed by atoms with E-state index in [1.54, 1.807) is 24.1 Å². The zero-order chi connectivity index (χ0) is 20.2. The highest BCUT2D eigenvalue weighted by Gasteiger charge is 2.22. The number of morpholine rings is 1. The first kappa shape index (κ1) is 19.9. The van der Waals surface area contributed by atoms with Gasteiger partial charge in [0.05, 0.1) is 31.5 Å². The Balaban J connectivity index is 1.54. The van der Waals surface area contributed by atoms with Crippen LogP contribution in [-0.4, -0.2) is 57.4 Å². The second kappa shape index (κ2) is 8.93. The number of hydrogen-bond acceptors (Lipinski definition) is 5. The summed E-state index contributed by atoms with van der Waals surface area (Å²) in [7, 11) is 1.80. The monoisotopic (exact) mass is 416 g/mol. The van der Waals surface area contributed by atoms with Crippen molar-refractivity contribution >= 4 is 23.2 Å². The second-order valence-electron chi connectivity index (χ2n) is 7.23. The number of halogens is 1. The summed E-state index contributed by atoms with van der Waals surface area (Å²) >= 11 is 6.36. The van der Waals surface area contributed by atoms with Gasteiger partial charge in [0.2, 0.25) is 0 Å². The molecule has 0 aromatic heterocycles. The Hall–Kier alpha value is -2.44. The molecule has 2 aromatic carbocycles. The number of anilines is 1. The fraction of sp³-hybridized carbons (Fsp3) is 0.409. The fourth-order valence-electron chi connectivity index (χ4n) is 3.66. The highest BCUT2D eigenvalue weighted by molar-refractivity contribution is 6.32. The summed E-state index contributed by atoms with van der Waals surface area (Å²) in [5, 5.41) is 0.398. The molecule has 0 unspecified atom stereocenters. The lowest BCUT2D eigenvalue weighted by atomic mass is 10.1. The Kier molecular flexibility index (Phi) is 6.11. The van der Waals surface area contributed by atoms with Crippen LogP contribution in [-0.2, 0) is 11.3 Å². The molecule has 0 saturated carbocycles. The number of amides is 1. The van der Waals surface area contributed by atoms with Crippen LogP contribution in [0, 0.1) is 0 Å². The van der Waals surface area contributed by atoms with Crippen LogP contribution < -0.4 is 14.4 Å². The average Bonchev–Trinajstić information content (AvgIpc) is 3.00. The number of rotatable bonds is 4. The van der Waals surface area contributed by atoms with Gasteiger partial charge in [-0.25, -0.2) is 0 Å². The molecule has 0 spiro atoms. The second-order valence-corrected chi connectivity index (χ2v) is 7.63. The van der Waals surface area contributed by atoms with E-state index < -0.39 is 0 Å². The number of fused-ring (bicyclic) bond motifs is 1. The predicted octanol–water partition coefficient (Wildman–Crippen LogP) is 3.61. The molecular formula is C22H25ClN2O4. The lowest BCUT2D eigenvalue weighted by molar-refractivity contribution is 0.0784. The normalized spacial score (nSPS) is 16.3. The van der Waals surface area contributed by atoms with Gasteiger partial charge in [0, 0.05) is 44.4 Å². The summed E-state index contributed by atoms with van der Waals surface area (Å²) in [4.78, 5) is 17.1. The quantitative estimate of drug-likeness (QED) is 0.762. The van der Waals surface area contributed by atoms with Gasteiger partial charge in [-0.05, 0) is 23.8 Å². The smallest absolute Gasteiger partial charge is 0.254 e. The van der Waals surface area contributed by atoms with Gasteiger partial charge >= 0.3 is 0 Å². The average molecular weight is 417 g/mol. The molecule has 6 nitrogen and oxygen atoms in total. The van der Waals surface area contributed by atoms with Gasteiger partial charge in [-0.1, -0.05) is 29.8 Å². The SMILES string of the molecule is CN(Cc1ccccc1N1CCOCC1)C(=O)c1cc(Cl)c2c(c1)OCCCO2. The van der Waals surface area contributed by atoms with E-state index in [9.17, 15) is 4.79 Å². The van der Waals surface area contributed by atoms with E-state index in [2.05, 4.69) is 17.0 Å². The minimum atomic E-state index is -0.112. The summed E-state index contributed by atoms with van der Waals surface area (Å²) < 4.78 is 16.8. The molecule has 1 amide bonds. The number of carbonyl (C=O) groups is 1. The van der Waals surface area contributed by atoms with E-state index in [-0.39, 0.29) is 5.91 Å². The molecular weight excluding hydrogens is 392 g/mol. The van der Waals surface area contributed by atoms with Crippen LogP contribution in [0.25, 0.3) is 0 Å². The number of para-hydroxylation sites is 1. The minimum absolute atomic E-state index is 0.112. The van der Waals surface area contributed by atoms with E-state index in [4.69, 9.17) is 25.8 Å². The van der Waals surface area contributed by atoms with Crippen LogP contribution in [0.4, 0.5) is 5.69 Å². The van der Waals surface area contributed by atoms with Crippen LogP contribution in [0.3, 0.4) is 0 Å². The molecule has 7 heteroatoms. The highest BCUT2D eigenvalue weighted by Crippen LogP contribution is 2.38. The summed E-state index contributed by atoms with van der Waals surface area (Å²) in [6.45, 7) is 4.75. The third kappa shape index (κ3) is 4.43. The number of benzene rings is 2. The Bertz CT molecular complexity index is 883. The first-order valence-electron chi connectivity index (χ1n) is 9.88. The van der Waals surface area contributed by atoms with Crippen molar-refractivity contribution < 1.29 is 19.0 Å².